The first kappa shape index (κ1) is 30.8. The van der Waals surface area contributed by atoms with Gasteiger partial charge in [0.15, 0.2) is 14.9 Å². The van der Waals surface area contributed by atoms with E-state index in [-0.39, 0.29) is 51.7 Å². The molecular formula is C14H16BrN4NaO8S2. The zero-order chi connectivity index (χ0) is 22.9. The summed E-state index contributed by atoms with van der Waals surface area (Å²) in [5.41, 5.74) is 0.382. The van der Waals surface area contributed by atoms with E-state index in [0.29, 0.717) is 10.3 Å². The van der Waals surface area contributed by atoms with Crippen LogP contribution < -0.4 is 29.6 Å². The standard InChI is InChI=1S/C7H8N2O4S.C6H5BrN2O2.CH4O2S.Na/c1-5-6(9(10)11)3-4-7(8-5)14(2,12)13;1-4-5(9(10)11)2-3-6(7)8-4;1-4(2)3;/h3-4H,1-2H3;2-3H,1H3;1H3,(H,2,3);/q;;;+1/p-1. The summed E-state index contributed by atoms with van der Waals surface area (Å²) in [6, 6.07) is 5.23. The number of aromatic nitrogens is 2. The Kier molecular flexibility index (Phi) is 14.2. The van der Waals surface area contributed by atoms with Crippen molar-refractivity contribution in [3.63, 3.8) is 0 Å². The summed E-state index contributed by atoms with van der Waals surface area (Å²) in [5.74, 6) is 0. The molecule has 0 N–H and O–H groups in total. The summed E-state index contributed by atoms with van der Waals surface area (Å²) in [6.45, 7) is 3.00. The average Bonchev–Trinajstić information content (AvgIpc) is 2.53. The molecule has 0 aliphatic carbocycles. The van der Waals surface area contributed by atoms with Crippen LogP contribution >= 0.6 is 15.9 Å². The fraction of sp³-hybridized carbons (Fsp3) is 0.286. The topological polar surface area (TPSA) is 186 Å². The first-order valence-corrected chi connectivity index (χ1v) is 11.4. The zero-order valence-corrected chi connectivity index (χ0v) is 21.8. The molecular weight excluding hydrogens is 519 g/mol. The number of rotatable bonds is 3. The van der Waals surface area contributed by atoms with Gasteiger partial charge in [-0.2, -0.15) is 0 Å². The minimum absolute atomic E-state index is 0. The Morgan fingerprint density at radius 3 is 1.63 bits per heavy atom. The molecule has 0 aromatic carbocycles. The zero-order valence-electron chi connectivity index (χ0n) is 16.6. The van der Waals surface area contributed by atoms with Gasteiger partial charge < -0.3 is 4.55 Å². The summed E-state index contributed by atoms with van der Waals surface area (Å²) in [7, 11) is -3.40. The summed E-state index contributed by atoms with van der Waals surface area (Å²) in [5, 5.41) is 20.5. The Labute approximate surface area is 205 Å². The molecule has 1 atom stereocenters. The molecule has 0 saturated carbocycles. The van der Waals surface area contributed by atoms with Crippen LogP contribution in [0.15, 0.2) is 33.9 Å². The molecule has 0 bridgehead atoms. The minimum Gasteiger partial charge on any atom is -0.773 e. The van der Waals surface area contributed by atoms with E-state index in [9.17, 15) is 28.6 Å². The fourth-order valence-corrected chi connectivity index (χ4v) is 2.66. The molecule has 2 heterocycles. The van der Waals surface area contributed by atoms with Crippen molar-refractivity contribution in [3.05, 3.63) is 60.5 Å². The molecule has 1 unspecified atom stereocenters. The maximum Gasteiger partial charge on any atom is 1.00 e. The van der Waals surface area contributed by atoms with E-state index >= 15 is 0 Å². The van der Waals surface area contributed by atoms with Crippen LogP contribution in [0.2, 0.25) is 0 Å². The van der Waals surface area contributed by atoms with Crippen LogP contribution in [-0.2, 0) is 20.9 Å². The van der Waals surface area contributed by atoms with Gasteiger partial charge in [-0.05, 0) is 48.2 Å². The third-order valence-electron chi connectivity index (χ3n) is 2.83. The molecule has 0 saturated heterocycles. The second kappa shape index (κ2) is 13.8. The number of aryl methyl sites for hydroxylation is 2. The molecule has 2 rings (SSSR count). The van der Waals surface area contributed by atoms with Gasteiger partial charge in [0.25, 0.3) is 11.4 Å². The number of hydrogen-bond donors (Lipinski definition) is 0. The van der Waals surface area contributed by atoms with Gasteiger partial charge in [-0.25, -0.2) is 18.4 Å². The Morgan fingerprint density at radius 2 is 1.33 bits per heavy atom. The normalized spacial score (nSPS) is 10.9. The smallest absolute Gasteiger partial charge is 0.773 e. The number of nitrogens with zero attached hydrogens (tertiary/aromatic N) is 4. The van der Waals surface area contributed by atoms with E-state index in [4.69, 9.17) is 8.76 Å². The quantitative estimate of drug-likeness (QED) is 0.159. The summed E-state index contributed by atoms with van der Waals surface area (Å²) in [6.07, 6.45) is 2.08. The summed E-state index contributed by atoms with van der Waals surface area (Å²) < 4.78 is 40.7. The Morgan fingerprint density at radius 1 is 0.967 bits per heavy atom. The van der Waals surface area contributed by atoms with Crippen LogP contribution in [0.3, 0.4) is 0 Å². The van der Waals surface area contributed by atoms with E-state index in [1.54, 1.807) is 13.0 Å². The molecule has 2 aromatic rings. The van der Waals surface area contributed by atoms with Gasteiger partial charge in [0, 0.05) is 18.4 Å². The van der Waals surface area contributed by atoms with Crippen molar-refractivity contribution < 1.29 is 56.6 Å². The number of pyridine rings is 2. The first-order valence-electron chi connectivity index (χ1n) is 7.27. The molecule has 0 aliphatic heterocycles. The van der Waals surface area contributed by atoms with Crippen molar-refractivity contribution in [3.8, 4) is 0 Å². The second-order valence-electron chi connectivity index (χ2n) is 5.18. The average molecular weight is 535 g/mol. The summed E-state index contributed by atoms with van der Waals surface area (Å²) in [4.78, 5) is 27.1. The number of hydrogen-bond acceptors (Lipinski definition) is 10. The van der Waals surface area contributed by atoms with Gasteiger partial charge in [-0.3, -0.25) is 24.4 Å². The second-order valence-corrected chi connectivity index (χ2v) is 8.76. The molecule has 0 spiro atoms. The van der Waals surface area contributed by atoms with E-state index < -0.39 is 30.8 Å². The van der Waals surface area contributed by atoms with E-state index in [2.05, 4.69) is 25.9 Å². The van der Waals surface area contributed by atoms with Crippen molar-refractivity contribution in [2.75, 3.05) is 12.5 Å². The third kappa shape index (κ3) is 11.7. The van der Waals surface area contributed by atoms with Crippen LogP contribution in [0.4, 0.5) is 11.4 Å². The molecule has 12 nitrogen and oxygen atoms in total. The van der Waals surface area contributed by atoms with E-state index in [0.717, 1.165) is 24.6 Å². The SMILES string of the molecule is CS(=O)[O-].Cc1nc(Br)ccc1[N+](=O)[O-].Cc1nc(S(C)(=O)=O)ccc1[N+](=O)[O-].[Na+]. The Hall–Kier alpha value is -1.36. The Balaban J connectivity index is 0. The molecule has 2 aromatic heterocycles. The molecule has 0 fully saturated rings. The van der Waals surface area contributed by atoms with Gasteiger partial charge in [-0.15, -0.1) is 0 Å². The fourth-order valence-electron chi connectivity index (χ4n) is 1.65. The maximum absolute atomic E-state index is 11.0. The number of nitro groups is 2. The van der Waals surface area contributed by atoms with Crippen LogP contribution in [0.1, 0.15) is 11.4 Å². The third-order valence-corrected chi connectivity index (χ3v) is 4.26. The summed E-state index contributed by atoms with van der Waals surface area (Å²) >= 11 is 1.25. The van der Waals surface area contributed by atoms with Crippen molar-refractivity contribution in [2.45, 2.75) is 18.9 Å². The van der Waals surface area contributed by atoms with Crippen molar-refractivity contribution in [1.29, 1.82) is 0 Å². The van der Waals surface area contributed by atoms with Gasteiger partial charge in [0.05, 0.1) is 9.85 Å². The van der Waals surface area contributed by atoms with Crippen LogP contribution in [-0.4, -0.2) is 49.5 Å². The van der Waals surface area contributed by atoms with Gasteiger partial charge >= 0.3 is 29.6 Å². The van der Waals surface area contributed by atoms with Gasteiger partial charge in [0.2, 0.25) is 0 Å². The van der Waals surface area contributed by atoms with E-state index in [1.807, 2.05) is 0 Å². The predicted molar refractivity (Wildman–Crippen MR) is 107 cm³/mol. The van der Waals surface area contributed by atoms with Crippen molar-refractivity contribution in [2.24, 2.45) is 0 Å². The molecule has 30 heavy (non-hydrogen) atoms. The van der Waals surface area contributed by atoms with Crippen LogP contribution in [0.25, 0.3) is 0 Å². The largest absolute Gasteiger partial charge is 1.00 e. The molecule has 0 radical (unpaired) electrons. The molecule has 160 valence electrons. The Bertz CT molecular complexity index is 1030. The number of sulfone groups is 1. The molecule has 16 heteroatoms. The van der Waals surface area contributed by atoms with Gasteiger partial charge in [0.1, 0.15) is 16.0 Å². The minimum atomic E-state index is -3.40. The van der Waals surface area contributed by atoms with Gasteiger partial charge in [-0.1, -0.05) is 11.1 Å². The predicted octanol–water partition coefficient (Wildman–Crippen LogP) is -0.738. The van der Waals surface area contributed by atoms with Crippen LogP contribution in [0, 0.1) is 34.1 Å². The van der Waals surface area contributed by atoms with Crippen molar-refractivity contribution >= 4 is 48.2 Å². The monoisotopic (exact) mass is 534 g/mol. The first-order chi connectivity index (χ1) is 13.2. The van der Waals surface area contributed by atoms with Crippen LogP contribution in [0.5, 0.6) is 0 Å². The van der Waals surface area contributed by atoms with E-state index in [1.165, 1.54) is 13.0 Å². The molecule has 0 aliphatic rings. The maximum atomic E-state index is 11.0. The number of halogens is 1. The molecule has 0 amide bonds. The van der Waals surface area contributed by atoms with Crippen molar-refractivity contribution in [1.82, 2.24) is 9.97 Å².